The lowest BCUT2D eigenvalue weighted by molar-refractivity contribution is -0.697. The fourth-order valence-electron chi connectivity index (χ4n) is 6.10. The lowest BCUT2D eigenvalue weighted by Gasteiger charge is -2.06. The largest absolute Gasteiger partial charge is 0.493 e. The van der Waals surface area contributed by atoms with E-state index >= 15 is 0 Å². The molecule has 1 aromatic heterocycles. The average molecular weight is 597 g/mol. The molecule has 1 heterocycles. The first-order valence-electron chi connectivity index (χ1n) is 19.2. The van der Waals surface area contributed by atoms with Gasteiger partial charge >= 0.3 is 0 Å². The summed E-state index contributed by atoms with van der Waals surface area (Å²) >= 11 is 0. The number of unbranched alkanes of at least 4 members (excludes halogenated alkanes) is 28. The van der Waals surface area contributed by atoms with Crippen molar-refractivity contribution in [1.29, 1.82) is 0 Å². The van der Waals surface area contributed by atoms with E-state index in [9.17, 15) is 0 Å². The summed E-state index contributed by atoms with van der Waals surface area (Å²) in [6.45, 7) is 9.59. The molecule has 1 rings (SSSR count). The normalized spacial score (nSPS) is 11.2. The van der Waals surface area contributed by atoms with Gasteiger partial charge in [0.2, 0.25) is 0 Å². The smallest absolute Gasteiger partial charge is 0.172 e. The van der Waals surface area contributed by atoms with Crippen molar-refractivity contribution < 1.29 is 9.30 Å². The zero-order chi connectivity index (χ0) is 30.7. The Kier molecular flexibility index (Phi) is 30.6. The van der Waals surface area contributed by atoms with Gasteiger partial charge in [-0.3, -0.25) is 0 Å². The minimum atomic E-state index is 0.855. The zero-order valence-electron chi connectivity index (χ0n) is 28.9. The van der Waals surface area contributed by atoms with Gasteiger partial charge in [-0.05, 0) is 38.5 Å². The Morgan fingerprint density at radius 2 is 0.721 bits per heavy atom. The summed E-state index contributed by atoms with van der Waals surface area (Å²) < 4.78 is 8.31. The molecule has 0 aliphatic rings. The molecule has 0 aliphatic heterocycles. The van der Waals surface area contributed by atoms with Crippen LogP contribution in [0.1, 0.15) is 193 Å². The predicted molar refractivity (Wildman–Crippen MR) is 191 cm³/mol. The van der Waals surface area contributed by atoms with Gasteiger partial charge in [0.05, 0.1) is 6.61 Å². The highest BCUT2D eigenvalue weighted by atomic mass is 16.5. The summed E-state index contributed by atoms with van der Waals surface area (Å²) in [5, 5.41) is 0. The Bertz CT molecular complexity index is 696. The zero-order valence-corrected chi connectivity index (χ0v) is 28.9. The third-order valence-corrected chi connectivity index (χ3v) is 9.01. The minimum Gasteiger partial charge on any atom is -0.493 e. The van der Waals surface area contributed by atoms with Crippen molar-refractivity contribution in [1.82, 2.24) is 0 Å². The van der Waals surface area contributed by atoms with Gasteiger partial charge in [0.15, 0.2) is 12.4 Å². The molecule has 0 saturated heterocycles. The summed E-state index contributed by atoms with van der Waals surface area (Å²) in [5.41, 5.74) is 0. The molecule has 0 fully saturated rings. The van der Waals surface area contributed by atoms with Crippen LogP contribution >= 0.6 is 0 Å². The van der Waals surface area contributed by atoms with Crippen LogP contribution in [0.5, 0.6) is 5.75 Å². The molecule has 0 amide bonds. The molecular formula is C41H74NO+. The Morgan fingerprint density at radius 1 is 0.419 bits per heavy atom. The number of hydrogen-bond acceptors (Lipinski definition) is 1. The van der Waals surface area contributed by atoms with Crippen LogP contribution in [0, 0.1) is 0 Å². The molecule has 43 heavy (non-hydrogen) atoms. The number of allylic oxidation sites excluding steroid dienone is 2. The lowest BCUT2D eigenvalue weighted by atomic mass is 10.0. The monoisotopic (exact) mass is 597 g/mol. The van der Waals surface area contributed by atoms with Gasteiger partial charge in [0, 0.05) is 18.6 Å². The van der Waals surface area contributed by atoms with Crippen molar-refractivity contribution in [2.24, 2.45) is 0 Å². The first kappa shape index (κ1) is 39.5. The van der Waals surface area contributed by atoms with Crippen molar-refractivity contribution >= 4 is 0 Å². The topological polar surface area (TPSA) is 13.1 Å². The quantitative estimate of drug-likeness (QED) is 0.0431. The maximum absolute atomic E-state index is 5.99. The minimum absolute atomic E-state index is 0.855. The number of ether oxygens (including phenoxy) is 1. The van der Waals surface area contributed by atoms with Crippen LogP contribution in [0.25, 0.3) is 0 Å². The second kappa shape index (κ2) is 33.3. The summed E-state index contributed by atoms with van der Waals surface area (Å²) in [6, 6.07) is 4.29. The predicted octanol–water partition coefficient (Wildman–Crippen LogP) is 13.4. The molecule has 0 aromatic carbocycles. The molecule has 0 saturated carbocycles. The van der Waals surface area contributed by atoms with Gasteiger partial charge < -0.3 is 4.74 Å². The maximum Gasteiger partial charge on any atom is 0.172 e. The summed E-state index contributed by atoms with van der Waals surface area (Å²) in [7, 11) is 0. The highest BCUT2D eigenvalue weighted by molar-refractivity contribution is 5.14. The SMILES string of the molecule is C=CCCCCCCCCCCCCCCCCOc1cc[n+](CCCCCCCCCCCCCCCCC=C)cc1. The number of hydrogen-bond donors (Lipinski definition) is 0. The van der Waals surface area contributed by atoms with Gasteiger partial charge in [-0.25, -0.2) is 4.57 Å². The maximum atomic E-state index is 5.99. The third kappa shape index (κ3) is 28.9. The summed E-state index contributed by atoms with van der Waals surface area (Å²) in [6.07, 6.45) is 50.0. The fraction of sp³-hybridized carbons (Fsp3) is 0.780. The second-order valence-corrected chi connectivity index (χ2v) is 13.2. The molecule has 0 spiro atoms. The van der Waals surface area contributed by atoms with Gasteiger partial charge in [0.1, 0.15) is 12.3 Å². The second-order valence-electron chi connectivity index (χ2n) is 13.2. The molecule has 0 bridgehead atoms. The number of rotatable bonds is 35. The molecule has 0 N–H and O–H groups in total. The molecule has 248 valence electrons. The van der Waals surface area contributed by atoms with Gasteiger partial charge in [-0.2, -0.15) is 0 Å². The molecule has 0 unspecified atom stereocenters. The van der Waals surface area contributed by atoms with Crippen LogP contribution < -0.4 is 9.30 Å². The summed E-state index contributed by atoms with van der Waals surface area (Å²) in [4.78, 5) is 0. The molecule has 1 aromatic rings. The number of aromatic nitrogens is 1. The van der Waals surface area contributed by atoms with E-state index in [-0.39, 0.29) is 0 Å². The Hall–Kier alpha value is -1.57. The van der Waals surface area contributed by atoms with Crippen LogP contribution in [0.3, 0.4) is 0 Å². The van der Waals surface area contributed by atoms with E-state index in [4.69, 9.17) is 4.74 Å². The molecule has 2 heteroatoms. The van der Waals surface area contributed by atoms with E-state index in [1.807, 2.05) is 6.08 Å². The van der Waals surface area contributed by atoms with Crippen molar-refractivity contribution in [2.45, 2.75) is 199 Å². The van der Waals surface area contributed by atoms with Crippen LogP contribution in [-0.2, 0) is 6.54 Å². The van der Waals surface area contributed by atoms with Crippen molar-refractivity contribution in [2.75, 3.05) is 6.61 Å². The first-order valence-corrected chi connectivity index (χ1v) is 19.2. The van der Waals surface area contributed by atoms with E-state index < -0.39 is 0 Å². The van der Waals surface area contributed by atoms with E-state index in [1.165, 1.54) is 193 Å². The van der Waals surface area contributed by atoms with Gasteiger partial charge in [0.25, 0.3) is 0 Å². The van der Waals surface area contributed by atoms with Crippen molar-refractivity contribution in [3.05, 3.63) is 49.8 Å². The highest BCUT2D eigenvalue weighted by Crippen LogP contribution is 2.15. The highest BCUT2D eigenvalue weighted by Gasteiger charge is 2.02. The number of nitrogens with zero attached hydrogens (tertiary/aromatic N) is 1. The standard InChI is InChI=1S/C41H74NO/c1-3-5-7-9-11-13-15-17-19-21-23-25-27-29-31-33-37-42-38-35-41(36-39-42)43-40-34-32-30-28-26-24-22-20-18-16-14-12-10-8-6-4-2/h3-4,35-36,38-39H,1-2,5-34,37,40H2/q+1. The fourth-order valence-corrected chi connectivity index (χ4v) is 6.10. The molecular weight excluding hydrogens is 522 g/mol. The summed E-state index contributed by atoms with van der Waals surface area (Å²) in [5.74, 6) is 1.02. The van der Waals surface area contributed by atoms with Gasteiger partial charge in [-0.1, -0.05) is 160 Å². The van der Waals surface area contributed by atoms with Crippen molar-refractivity contribution in [3.63, 3.8) is 0 Å². The molecule has 0 radical (unpaired) electrons. The lowest BCUT2D eigenvalue weighted by Crippen LogP contribution is -2.32. The Labute approximate surface area is 270 Å². The Morgan fingerprint density at radius 3 is 1.07 bits per heavy atom. The van der Waals surface area contributed by atoms with Crippen molar-refractivity contribution in [3.8, 4) is 5.75 Å². The molecule has 2 nitrogen and oxygen atoms in total. The van der Waals surface area contributed by atoms with E-state index in [0.717, 1.165) is 18.9 Å². The Balaban J connectivity index is 1.80. The van der Waals surface area contributed by atoms with Crippen LogP contribution in [0.15, 0.2) is 49.8 Å². The molecule has 0 aliphatic carbocycles. The number of pyridine rings is 1. The number of aryl methyl sites for hydroxylation is 1. The third-order valence-electron chi connectivity index (χ3n) is 9.01. The van der Waals surface area contributed by atoms with Crippen LogP contribution in [-0.4, -0.2) is 6.61 Å². The first-order chi connectivity index (χ1) is 21.4. The average Bonchev–Trinajstić information content (AvgIpc) is 3.03. The van der Waals surface area contributed by atoms with E-state index in [2.05, 4.69) is 48.3 Å². The van der Waals surface area contributed by atoms with Crippen LogP contribution in [0.2, 0.25) is 0 Å². The van der Waals surface area contributed by atoms with E-state index in [1.54, 1.807) is 0 Å². The van der Waals surface area contributed by atoms with Crippen LogP contribution in [0.4, 0.5) is 0 Å². The van der Waals surface area contributed by atoms with Gasteiger partial charge in [-0.15, -0.1) is 13.2 Å². The van der Waals surface area contributed by atoms with E-state index in [0.29, 0.717) is 0 Å². The molecule has 0 atom stereocenters.